The van der Waals surface area contributed by atoms with Gasteiger partial charge in [-0.1, -0.05) is 47.5 Å². The number of hydrogen-bond donors (Lipinski definition) is 0. The van der Waals surface area contributed by atoms with E-state index in [0.717, 1.165) is 32.3 Å². The van der Waals surface area contributed by atoms with Crippen LogP contribution in [0.15, 0.2) is 36.4 Å². The zero-order valence-corrected chi connectivity index (χ0v) is 10.7. The third kappa shape index (κ3) is 2.09. The second kappa shape index (κ2) is 4.48. The van der Waals surface area contributed by atoms with Crippen molar-refractivity contribution in [3.05, 3.63) is 57.6 Å². The quantitative estimate of drug-likeness (QED) is 0.647. The summed E-state index contributed by atoms with van der Waals surface area (Å²) in [5, 5.41) is 1.49. The summed E-state index contributed by atoms with van der Waals surface area (Å²) >= 11 is 12.5. The average molecular weight is 251 g/mol. The smallest absolute Gasteiger partial charge is 0.0487 e. The summed E-state index contributed by atoms with van der Waals surface area (Å²) in [4.78, 5) is 0. The van der Waals surface area contributed by atoms with E-state index in [0.29, 0.717) is 0 Å². The minimum absolute atomic E-state index is 0.741. The van der Waals surface area contributed by atoms with Gasteiger partial charge in [-0.15, -0.1) is 0 Å². The van der Waals surface area contributed by atoms with Gasteiger partial charge in [0.05, 0.1) is 0 Å². The number of aryl methyl sites for hydroxylation is 2. The molecule has 2 aromatic carbocycles. The molecule has 0 unspecified atom stereocenters. The van der Waals surface area contributed by atoms with Gasteiger partial charge in [0.25, 0.3) is 0 Å². The third-order valence-electron chi connectivity index (χ3n) is 2.62. The molecule has 2 rings (SSSR count). The second-order valence-electron chi connectivity index (χ2n) is 3.92. The first-order valence-electron chi connectivity index (χ1n) is 5.11. The zero-order chi connectivity index (χ0) is 11.7. The molecule has 0 saturated heterocycles. The van der Waals surface area contributed by atoms with E-state index in [1.54, 1.807) is 0 Å². The van der Waals surface area contributed by atoms with E-state index in [1.165, 1.54) is 0 Å². The van der Waals surface area contributed by atoms with E-state index in [1.807, 2.05) is 50.2 Å². The van der Waals surface area contributed by atoms with Crippen LogP contribution in [0, 0.1) is 13.8 Å². The highest BCUT2D eigenvalue weighted by molar-refractivity contribution is 6.36. The Labute approximate surface area is 106 Å². The predicted octanol–water partition coefficient (Wildman–Crippen LogP) is 5.28. The Balaban J connectivity index is 2.68. The van der Waals surface area contributed by atoms with E-state index in [-0.39, 0.29) is 0 Å². The van der Waals surface area contributed by atoms with Crippen LogP contribution in [0.2, 0.25) is 10.0 Å². The normalized spacial score (nSPS) is 10.5. The topological polar surface area (TPSA) is 0 Å². The molecular formula is C14H12Cl2. The van der Waals surface area contributed by atoms with Crippen molar-refractivity contribution in [2.75, 3.05) is 0 Å². The van der Waals surface area contributed by atoms with Gasteiger partial charge >= 0.3 is 0 Å². The standard InChI is InChI=1S/C14H12Cl2/c1-9-6-7-11(13(16)8-9)14-10(2)4-3-5-12(14)15/h3-8H,1-2H3. The maximum Gasteiger partial charge on any atom is 0.0487 e. The molecule has 0 radical (unpaired) electrons. The molecule has 0 aliphatic rings. The van der Waals surface area contributed by atoms with Gasteiger partial charge in [0, 0.05) is 21.2 Å². The first-order chi connectivity index (χ1) is 7.59. The Morgan fingerprint density at radius 2 is 1.62 bits per heavy atom. The van der Waals surface area contributed by atoms with Gasteiger partial charge in [0.2, 0.25) is 0 Å². The molecule has 0 fully saturated rings. The van der Waals surface area contributed by atoms with Crippen LogP contribution < -0.4 is 0 Å². The molecule has 0 heterocycles. The van der Waals surface area contributed by atoms with Gasteiger partial charge in [-0.25, -0.2) is 0 Å². The fraction of sp³-hybridized carbons (Fsp3) is 0.143. The van der Waals surface area contributed by atoms with Crippen molar-refractivity contribution in [3.8, 4) is 11.1 Å². The molecule has 0 aliphatic carbocycles. The number of benzene rings is 2. The van der Waals surface area contributed by atoms with Crippen LogP contribution in [0.5, 0.6) is 0 Å². The molecule has 2 aromatic rings. The summed E-state index contributed by atoms with van der Waals surface area (Å²) in [5.74, 6) is 0. The molecule has 0 saturated carbocycles. The van der Waals surface area contributed by atoms with Gasteiger partial charge < -0.3 is 0 Å². The van der Waals surface area contributed by atoms with Crippen LogP contribution in [-0.2, 0) is 0 Å². The SMILES string of the molecule is Cc1ccc(-c2c(C)cccc2Cl)c(Cl)c1. The summed E-state index contributed by atoms with van der Waals surface area (Å²) in [7, 11) is 0. The van der Waals surface area contributed by atoms with E-state index >= 15 is 0 Å². The Hall–Kier alpha value is -0.980. The van der Waals surface area contributed by atoms with Crippen molar-refractivity contribution < 1.29 is 0 Å². The van der Waals surface area contributed by atoms with Gasteiger partial charge in [-0.3, -0.25) is 0 Å². The maximum atomic E-state index is 6.25. The lowest BCUT2D eigenvalue weighted by Gasteiger charge is -2.10. The lowest BCUT2D eigenvalue weighted by Crippen LogP contribution is -1.86. The van der Waals surface area contributed by atoms with E-state index in [9.17, 15) is 0 Å². The highest BCUT2D eigenvalue weighted by atomic mass is 35.5. The molecule has 0 aliphatic heterocycles. The Bertz CT molecular complexity index is 510. The zero-order valence-electron chi connectivity index (χ0n) is 9.22. The summed E-state index contributed by atoms with van der Waals surface area (Å²) in [6.07, 6.45) is 0. The lowest BCUT2D eigenvalue weighted by atomic mass is 9.99. The number of hydrogen-bond acceptors (Lipinski definition) is 0. The van der Waals surface area contributed by atoms with Crippen LogP contribution >= 0.6 is 23.2 Å². The minimum Gasteiger partial charge on any atom is -0.0837 e. The third-order valence-corrected chi connectivity index (χ3v) is 3.24. The monoisotopic (exact) mass is 250 g/mol. The largest absolute Gasteiger partial charge is 0.0837 e. The van der Waals surface area contributed by atoms with Gasteiger partial charge in [-0.2, -0.15) is 0 Å². The Kier molecular flexibility index (Phi) is 3.22. The van der Waals surface area contributed by atoms with Crippen molar-refractivity contribution in [2.24, 2.45) is 0 Å². The van der Waals surface area contributed by atoms with E-state index in [2.05, 4.69) is 0 Å². The van der Waals surface area contributed by atoms with Crippen LogP contribution in [0.1, 0.15) is 11.1 Å². The highest BCUT2D eigenvalue weighted by Crippen LogP contribution is 2.35. The van der Waals surface area contributed by atoms with Crippen molar-refractivity contribution >= 4 is 23.2 Å². The molecule has 0 aromatic heterocycles. The Morgan fingerprint density at radius 1 is 0.875 bits per heavy atom. The van der Waals surface area contributed by atoms with Crippen molar-refractivity contribution in [1.29, 1.82) is 0 Å². The number of rotatable bonds is 1. The molecule has 0 atom stereocenters. The maximum absolute atomic E-state index is 6.25. The average Bonchev–Trinajstić information content (AvgIpc) is 2.20. The first-order valence-corrected chi connectivity index (χ1v) is 5.87. The van der Waals surface area contributed by atoms with Crippen molar-refractivity contribution in [3.63, 3.8) is 0 Å². The molecule has 0 nitrogen and oxygen atoms in total. The van der Waals surface area contributed by atoms with Crippen LogP contribution in [-0.4, -0.2) is 0 Å². The molecule has 82 valence electrons. The predicted molar refractivity (Wildman–Crippen MR) is 71.4 cm³/mol. The van der Waals surface area contributed by atoms with Crippen LogP contribution in [0.3, 0.4) is 0 Å². The summed E-state index contributed by atoms with van der Waals surface area (Å²) in [6, 6.07) is 11.9. The second-order valence-corrected chi connectivity index (χ2v) is 4.73. The summed E-state index contributed by atoms with van der Waals surface area (Å²) in [5.41, 5.74) is 4.31. The van der Waals surface area contributed by atoms with Crippen molar-refractivity contribution in [1.82, 2.24) is 0 Å². The van der Waals surface area contributed by atoms with Crippen molar-refractivity contribution in [2.45, 2.75) is 13.8 Å². The minimum atomic E-state index is 0.741. The fourth-order valence-corrected chi connectivity index (χ4v) is 2.45. The molecule has 0 N–H and O–H groups in total. The Morgan fingerprint density at radius 3 is 2.25 bits per heavy atom. The van der Waals surface area contributed by atoms with E-state index in [4.69, 9.17) is 23.2 Å². The van der Waals surface area contributed by atoms with E-state index < -0.39 is 0 Å². The summed E-state index contributed by atoms with van der Waals surface area (Å²) in [6.45, 7) is 4.06. The number of halogens is 2. The van der Waals surface area contributed by atoms with Crippen LogP contribution in [0.4, 0.5) is 0 Å². The van der Waals surface area contributed by atoms with Gasteiger partial charge in [0.1, 0.15) is 0 Å². The first kappa shape index (κ1) is 11.5. The van der Waals surface area contributed by atoms with Gasteiger partial charge in [0.15, 0.2) is 0 Å². The fourth-order valence-electron chi connectivity index (χ4n) is 1.80. The highest BCUT2D eigenvalue weighted by Gasteiger charge is 2.09. The molecule has 0 spiro atoms. The van der Waals surface area contributed by atoms with Gasteiger partial charge in [-0.05, 0) is 37.1 Å². The van der Waals surface area contributed by atoms with Crippen LogP contribution in [0.25, 0.3) is 11.1 Å². The molecule has 16 heavy (non-hydrogen) atoms. The lowest BCUT2D eigenvalue weighted by molar-refractivity contribution is 1.43. The molecule has 0 amide bonds. The molecule has 0 bridgehead atoms. The molecule has 2 heteroatoms. The molecular weight excluding hydrogens is 239 g/mol. The summed E-state index contributed by atoms with van der Waals surface area (Å²) < 4.78 is 0.